The van der Waals surface area contributed by atoms with Crippen molar-refractivity contribution in [2.24, 2.45) is 5.92 Å². The number of carbonyl (C=O) groups is 1. The number of amides is 1. The summed E-state index contributed by atoms with van der Waals surface area (Å²) in [5.41, 5.74) is 3.32. The van der Waals surface area contributed by atoms with E-state index in [2.05, 4.69) is 34.3 Å². The summed E-state index contributed by atoms with van der Waals surface area (Å²) in [7, 11) is 0. The van der Waals surface area contributed by atoms with E-state index in [1.54, 1.807) is 0 Å². The van der Waals surface area contributed by atoms with Crippen LogP contribution < -0.4 is 10.9 Å². The van der Waals surface area contributed by atoms with Crippen LogP contribution in [0.3, 0.4) is 0 Å². The first-order valence-electron chi connectivity index (χ1n) is 9.42. The molecule has 0 aliphatic carbocycles. The Balaban J connectivity index is 1.57. The van der Waals surface area contributed by atoms with E-state index in [-0.39, 0.29) is 18.0 Å². The fourth-order valence-electron chi connectivity index (χ4n) is 3.31. The minimum Gasteiger partial charge on any atom is -0.349 e. The molecule has 0 fully saturated rings. The first-order valence-corrected chi connectivity index (χ1v) is 9.42. The van der Waals surface area contributed by atoms with Gasteiger partial charge in [-0.1, -0.05) is 13.8 Å². The van der Waals surface area contributed by atoms with E-state index in [9.17, 15) is 9.59 Å². The van der Waals surface area contributed by atoms with Gasteiger partial charge in [-0.2, -0.15) is 10.2 Å². The number of hydrogen-bond donors (Lipinski definition) is 1. The Morgan fingerprint density at radius 3 is 2.74 bits per heavy atom. The van der Waals surface area contributed by atoms with E-state index >= 15 is 0 Å². The Morgan fingerprint density at radius 1 is 1.22 bits per heavy atom. The van der Waals surface area contributed by atoms with Crippen LogP contribution in [-0.4, -0.2) is 43.5 Å². The summed E-state index contributed by atoms with van der Waals surface area (Å²) in [6.45, 7) is 12.2. The lowest BCUT2D eigenvalue weighted by atomic mass is 10.2. The van der Waals surface area contributed by atoms with Crippen molar-refractivity contribution in [1.29, 1.82) is 0 Å². The zero-order chi connectivity index (χ0) is 19.6. The first kappa shape index (κ1) is 19.3. The Hall–Kier alpha value is -2.48. The highest BCUT2D eigenvalue weighted by atomic mass is 16.2. The number of aryl methyl sites for hydroxylation is 2. The molecule has 1 aliphatic rings. The van der Waals surface area contributed by atoms with Crippen molar-refractivity contribution < 1.29 is 4.79 Å². The standard InChI is InChI=1S/C19H28N6O2/c1-13(2)10-23-5-6-24-17(11-23)8-16(22-24)9-20-18(26)12-25-19(27)7-14(3)15(4)21-25/h7-8,13H,5-6,9-12H2,1-4H3,(H,20,26). The van der Waals surface area contributed by atoms with Gasteiger partial charge in [0, 0.05) is 25.7 Å². The molecule has 3 rings (SSSR count). The number of nitrogens with zero attached hydrogens (tertiary/aromatic N) is 5. The average Bonchev–Trinajstić information content (AvgIpc) is 2.99. The summed E-state index contributed by atoms with van der Waals surface area (Å²) in [6.07, 6.45) is 0. The Bertz CT molecular complexity index is 883. The fourth-order valence-corrected chi connectivity index (χ4v) is 3.31. The van der Waals surface area contributed by atoms with Crippen LogP contribution in [0.1, 0.15) is 36.5 Å². The van der Waals surface area contributed by atoms with Crippen LogP contribution in [0.2, 0.25) is 0 Å². The van der Waals surface area contributed by atoms with Crippen LogP contribution in [0.25, 0.3) is 0 Å². The van der Waals surface area contributed by atoms with Gasteiger partial charge < -0.3 is 5.32 Å². The van der Waals surface area contributed by atoms with E-state index < -0.39 is 0 Å². The molecule has 1 aliphatic heterocycles. The molecule has 0 bridgehead atoms. The van der Waals surface area contributed by atoms with Crippen LogP contribution in [0, 0.1) is 19.8 Å². The predicted octanol–water partition coefficient (Wildman–Crippen LogP) is 0.845. The molecule has 2 aromatic heterocycles. The maximum absolute atomic E-state index is 12.2. The molecule has 8 nitrogen and oxygen atoms in total. The average molecular weight is 372 g/mol. The molecule has 0 radical (unpaired) electrons. The lowest BCUT2D eigenvalue weighted by Crippen LogP contribution is -2.36. The Kier molecular flexibility index (Phi) is 5.74. The van der Waals surface area contributed by atoms with Gasteiger partial charge in [0.1, 0.15) is 6.54 Å². The fraction of sp³-hybridized carbons (Fsp3) is 0.579. The molecule has 0 saturated heterocycles. The maximum Gasteiger partial charge on any atom is 0.267 e. The largest absolute Gasteiger partial charge is 0.349 e. The summed E-state index contributed by atoms with van der Waals surface area (Å²) < 4.78 is 3.22. The number of hydrogen-bond acceptors (Lipinski definition) is 5. The smallest absolute Gasteiger partial charge is 0.267 e. The second kappa shape index (κ2) is 8.04. The number of carbonyl (C=O) groups excluding carboxylic acids is 1. The third kappa shape index (κ3) is 4.82. The summed E-state index contributed by atoms with van der Waals surface area (Å²) >= 11 is 0. The van der Waals surface area contributed by atoms with Crippen LogP contribution in [0.15, 0.2) is 16.9 Å². The highest BCUT2D eigenvalue weighted by Crippen LogP contribution is 2.15. The van der Waals surface area contributed by atoms with Crippen molar-refractivity contribution in [1.82, 2.24) is 29.8 Å². The van der Waals surface area contributed by atoms with Gasteiger partial charge in [-0.25, -0.2) is 4.68 Å². The minimum absolute atomic E-state index is 0.0876. The van der Waals surface area contributed by atoms with Gasteiger partial charge in [0.2, 0.25) is 5.91 Å². The second-order valence-corrected chi connectivity index (χ2v) is 7.66. The number of rotatable bonds is 6. The van der Waals surface area contributed by atoms with E-state index in [0.29, 0.717) is 12.5 Å². The van der Waals surface area contributed by atoms with Crippen LogP contribution in [0.5, 0.6) is 0 Å². The molecule has 1 amide bonds. The molecule has 8 heteroatoms. The topological polar surface area (TPSA) is 85.0 Å². The third-order valence-electron chi connectivity index (χ3n) is 4.75. The number of nitrogens with one attached hydrogen (secondary N) is 1. The van der Waals surface area contributed by atoms with Crippen molar-refractivity contribution in [3.63, 3.8) is 0 Å². The van der Waals surface area contributed by atoms with Gasteiger partial charge >= 0.3 is 0 Å². The summed E-state index contributed by atoms with van der Waals surface area (Å²) in [4.78, 5) is 26.6. The first-order chi connectivity index (χ1) is 12.8. The normalized spacial score (nSPS) is 14.4. The highest BCUT2D eigenvalue weighted by Gasteiger charge is 2.19. The summed E-state index contributed by atoms with van der Waals surface area (Å²) in [5, 5.41) is 11.6. The monoisotopic (exact) mass is 372 g/mol. The quantitative estimate of drug-likeness (QED) is 0.812. The summed E-state index contributed by atoms with van der Waals surface area (Å²) in [5.74, 6) is 0.390. The minimum atomic E-state index is -0.268. The SMILES string of the molecule is Cc1cc(=O)n(CC(=O)NCc2cc3n(n2)CCN(CC(C)C)C3)nc1C. The lowest BCUT2D eigenvalue weighted by Gasteiger charge is -2.28. The molecule has 3 heterocycles. The molecule has 1 N–H and O–H groups in total. The van der Waals surface area contributed by atoms with E-state index in [1.807, 2.05) is 24.6 Å². The molecule has 0 spiro atoms. The molecule has 0 atom stereocenters. The molecule has 146 valence electrons. The van der Waals surface area contributed by atoms with Crippen LogP contribution >= 0.6 is 0 Å². The van der Waals surface area contributed by atoms with E-state index in [0.717, 1.165) is 43.1 Å². The van der Waals surface area contributed by atoms with E-state index in [4.69, 9.17) is 0 Å². The van der Waals surface area contributed by atoms with Gasteiger partial charge in [0.25, 0.3) is 5.56 Å². The second-order valence-electron chi connectivity index (χ2n) is 7.66. The highest BCUT2D eigenvalue weighted by molar-refractivity contribution is 5.75. The molecule has 27 heavy (non-hydrogen) atoms. The van der Waals surface area contributed by atoms with Gasteiger partial charge in [0.15, 0.2) is 0 Å². The molecule has 0 aromatic carbocycles. The number of fused-ring (bicyclic) bond motifs is 1. The third-order valence-corrected chi connectivity index (χ3v) is 4.75. The zero-order valence-electron chi connectivity index (χ0n) is 16.5. The van der Waals surface area contributed by atoms with Crippen molar-refractivity contribution >= 4 is 5.91 Å². The Morgan fingerprint density at radius 2 is 2.00 bits per heavy atom. The van der Waals surface area contributed by atoms with Gasteiger partial charge in [-0.3, -0.25) is 19.2 Å². The van der Waals surface area contributed by atoms with Gasteiger partial charge in [-0.05, 0) is 31.4 Å². The Labute approximate surface area is 159 Å². The van der Waals surface area contributed by atoms with Crippen molar-refractivity contribution in [3.05, 3.63) is 45.1 Å². The molecular weight excluding hydrogens is 344 g/mol. The molecule has 0 saturated carbocycles. The van der Waals surface area contributed by atoms with E-state index in [1.165, 1.54) is 16.4 Å². The van der Waals surface area contributed by atoms with Crippen LogP contribution in [-0.2, 0) is 31.0 Å². The molecule has 0 unspecified atom stereocenters. The molecule has 2 aromatic rings. The van der Waals surface area contributed by atoms with Crippen molar-refractivity contribution in [2.75, 3.05) is 13.1 Å². The predicted molar refractivity (Wildman–Crippen MR) is 102 cm³/mol. The maximum atomic E-state index is 12.2. The van der Waals surface area contributed by atoms with Crippen molar-refractivity contribution in [3.8, 4) is 0 Å². The van der Waals surface area contributed by atoms with Crippen molar-refractivity contribution in [2.45, 2.75) is 53.9 Å². The van der Waals surface area contributed by atoms with Gasteiger partial charge in [0.05, 0.1) is 30.2 Å². The van der Waals surface area contributed by atoms with Crippen LogP contribution in [0.4, 0.5) is 0 Å². The summed E-state index contributed by atoms with van der Waals surface area (Å²) in [6, 6.07) is 3.55. The lowest BCUT2D eigenvalue weighted by molar-refractivity contribution is -0.122. The number of aromatic nitrogens is 4. The molecular formula is C19H28N6O2. The van der Waals surface area contributed by atoms with Gasteiger partial charge in [-0.15, -0.1) is 0 Å². The zero-order valence-corrected chi connectivity index (χ0v) is 16.5.